The van der Waals surface area contributed by atoms with Crippen LogP contribution >= 0.6 is 0 Å². The summed E-state index contributed by atoms with van der Waals surface area (Å²) < 4.78 is 5.91. The number of carbonyl (C=O) groups excluding carboxylic acids is 1. The van der Waals surface area contributed by atoms with Crippen LogP contribution in [0.3, 0.4) is 0 Å². The van der Waals surface area contributed by atoms with Gasteiger partial charge in [-0.3, -0.25) is 9.78 Å². The summed E-state index contributed by atoms with van der Waals surface area (Å²) in [5.74, 6) is 0.423. The summed E-state index contributed by atoms with van der Waals surface area (Å²) in [5.41, 5.74) is 2.92. The molecular weight excluding hydrogens is 326 g/mol. The van der Waals surface area contributed by atoms with Gasteiger partial charge in [-0.05, 0) is 44.8 Å². The molecule has 0 spiro atoms. The molecule has 0 saturated carbocycles. The quantitative estimate of drug-likeness (QED) is 0.737. The van der Waals surface area contributed by atoms with E-state index in [2.05, 4.69) is 10.3 Å². The first-order valence-electron chi connectivity index (χ1n) is 8.58. The van der Waals surface area contributed by atoms with Crippen molar-refractivity contribution in [1.29, 1.82) is 0 Å². The van der Waals surface area contributed by atoms with Gasteiger partial charge >= 0.3 is 0 Å². The maximum Gasteiger partial charge on any atom is 0.259 e. The lowest BCUT2D eigenvalue weighted by molar-refractivity contribution is 0.102. The number of likely N-dealkylation sites (N-methyl/N-ethyl adjacent to an activating group) is 1. The van der Waals surface area contributed by atoms with Gasteiger partial charge in [-0.25, -0.2) is 0 Å². The number of benzene rings is 2. The Morgan fingerprint density at radius 3 is 2.69 bits per heavy atom. The lowest BCUT2D eigenvalue weighted by Crippen LogP contribution is -2.21. The minimum Gasteiger partial charge on any atom is -0.491 e. The van der Waals surface area contributed by atoms with E-state index < -0.39 is 0 Å². The third kappa shape index (κ3) is 4.00. The molecule has 0 radical (unpaired) electrons. The molecule has 0 aliphatic carbocycles. The molecule has 134 valence electrons. The molecule has 3 aromatic rings. The number of pyridine rings is 1. The molecule has 1 amide bonds. The minimum atomic E-state index is -0.202. The number of hydrogen-bond acceptors (Lipinski definition) is 4. The van der Waals surface area contributed by atoms with Crippen molar-refractivity contribution in [2.75, 3.05) is 32.6 Å². The highest BCUT2D eigenvalue weighted by Crippen LogP contribution is 2.26. The van der Waals surface area contributed by atoms with Crippen LogP contribution in [-0.4, -0.2) is 43.0 Å². The Morgan fingerprint density at radius 1 is 1.12 bits per heavy atom. The second-order valence-electron chi connectivity index (χ2n) is 6.44. The molecule has 0 fully saturated rings. The fraction of sp³-hybridized carbons (Fsp3) is 0.238. The number of para-hydroxylation sites is 2. The molecule has 0 atom stereocenters. The predicted molar refractivity (Wildman–Crippen MR) is 105 cm³/mol. The molecule has 3 rings (SSSR count). The van der Waals surface area contributed by atoms with E-state index >= 15 is 0 Å². The number of anilines is 1. The number of ether oxygens (including phenoxy) is 1. The molecule has 5 nitrogen and oxygen atoms in total. The van der Waals surface area contributed by atoms with E-state index in [1.54, 1.807) is 12.3 Å². The first kappa shape index (κ1) is 17.9. The SMILES string of the molecule is Cc1cccc(C(=O)Nc2cccc3cccnc23)c1OCCN(C)C. The molecular formula is C21H23N3O2. The van der Waals surface area contributed by atoms with Gasteiger partial charge in [0.1, 0.15) is 12.4 Å². The van der Waals surface area contributed by atoms with Gasteiger partial charge in [0.05, 0.1) is 16.8 Å². The molecule has 0 aliphatic rings. The number of carbonyl (C=O) groups is 1. The van der Waals surface area contributed by atoms with Gasteiger partial charge in [-0.15, -0.1) is 0 Å². The number of nitrogens with one attached hydrogen (secondary N) is 1. The van der Waals surface area contributed by atoms with Gasteiger partial charge in [0.2, 0.25) is 0 Å². The monoisotopic (exact) mass is 349 g/mol. The topological polar surface area (TPSA) is 54.5 Å². The lowest BCUT2D eigenvalue weighted by atomic mass is 10.1. The average Bonchev–Trinajstić information content (AvgIpc) is 2.63. The van der Waals surface area contributed by atoms with Crippen molar-refractivity contribution in [2.45, 2.75) is 6.92 Å². The Morgan fingerprint density at radius 2 is 1.88 bits per heavy atom. The molecule has 5 heteroatoms. The molecule has 0 saturated heterocycles. The van der Waals surface area contributed by atoms with E-state index in [9.17, 15) is 4.79 Å². The summed E-state index contributed by atoms with van der Waals surface area (Å²) in [7, 11) is 3.98. The highest BCUT2D eigenvalue weighted by Gasteiger charge is 2.16. The summed E-state index contributed by atoms with van der Waals surface area (Å²) in [4.78, 5) is 19.3. The van der Waals surface area contributed by atoms with E-state index in [4.69, 9.17) is 4.74 Å². The largest absolute Gasteiger partial charge is 0.491 e. The van der Waals surface area contributed by atoms with Crippen LogP contribution in [-0.2, 0) is 0 Å². The maximum atomic E-state index is 12.9. The average molecular weight is 349 g/mol. The standard InChI is InChI=1S/C21H23N3O2/c1-15-7-4-10-17(20(15)26-14-13-24(2)3)21(25)23-18-11-5-8-16-9-6-12-22-19(16)18/h4-12H,13-14H2,1-3H3,(H,23,25). The Hall–Kier alpha value is -2.92. The first-order chi connectivity index (χ1) is 12.6. The number of aromatic nitrogens is 1. The van der Waals surface area contributed by atoms with Gasteiger partial charge in [0, 0.05) is 18.1 Å². The molecule has 0 bridgehead atoms. The minimum absolute atomic E-state index is 0.202. The molecule has 2 aromatic carbocycles. The van der Waals surface area contributed by atoms with Gasteiger partial charge in [-0.2, -0.15) is 0 Å². The van der Waals surface area contributed by atoms with Crippen LogP contribution in [0.5, 0.6) is 5.75 Å². The van der Waals surface area contributed by atoms with Gasteiger partial charge in [0.15, 0.2) is 0 Å². The van der Waals surface area contributed by atoms with Crippen LogP contribution in [0.4, 0.5) is 5.69 Å². The van der Waals surface area contributed by atoms with E-state index in [1.165, 1.54) is 0 Å². The van der Waals surface area contributed by atoms with E-state index in [-0.39, 0.29) is 5.91 Å². The molecule has 26 heavy (non-hydrogen) atoms. The van der Waals surface area contributed by atoms with Crippen molar-refractivity contribution in [3.05, 3.63) is 65.9 Å². The highest BCUT2D eigenvalue weighted by molar-refractivity contribution is 6.09. The van der Waals surface area contributed by atoms with Crippen LogP contribution in [0.2, 0.25) is 0 Å². The molecule has 1 aromatic heterocycles. The number of amides is 1. The van der Waals surface area contributed by atoms with Crippen LogP contribution < -0.4 is 10.1 Å². The number of hydrogen-bond donors (Lipinski definition) is 1. The summed E-state index contributed by atoms with van der Waals surface area (Å²) in [5, 5.41) is 3.96. The normalized spacial score (nSPS) is 10.9. The fourth-order valence-electron chi connectivity index (χ4n) is 2.75. The van der Waals surface area contributed by atoms with Crippen molar-refractivity contribution < 1.29 is 9.53 Å². The highest BCUT2D eigenvalue weighted by atomic mass is 16.5. The second kappa shape index (κ2) is 7.97. The van der Waals surface area contributed by atoms with Gasteiger partial charge in [-0.1, -0.05) is 30.3 Å². The summed E-state index contributed by atoms with van der Waals surface area (Å²) in [6.45, 7) is 3.25. The van der Waals surface area contributed by atoms with Crippen molar-refractivity contribution in [3.8, 4) is 5.75 Å². The molecule has 0 unspecified atom stereocenters. The third-order valence-corrected chi connectivity index (χ3v) is 4.12. The Balaban J connectivity index is 1.86. The zero-order valence-electron chi connectivity index (χ0n) is 15.3. The first-order valence-corrected chi connectivity index (χ1v) is 8.58. The van der Waals surface area contributed by atoms with Crippen molar-refractivity contribution in [1.82, 2.24) is 9.88 Å². The van der Waals surface area contributed by atoms with Crippen molar-refractivity contribution in [3.63, 3.8) is 0 Å². The number of nitrogens with zero attached hydrogens (tertiary/aromatic N) is 2. The zero-order chi connectivity index (χ0) is 18.5. The van der Waals surface area contributed by atoms with Crippen LogP contribution in [0.15, 0.2) is 54.7 Å². The summed E-state index contributed by atoms with van der Waals surface area (Å²) in [6, 6.07) is 15.2. The molecule has 1 heterocycles. The Bertz CT molecular complexity index is 917. The lowest BCUT2D eigenvalue weighted by Gasteiger charge is -2.16. The Kier molecular flexibility index (Phi) is 5.49. The summed E-state index contributed by atoms with van der Waals surface area (Å²) in [6.07, 6.45) is 1.72. The van der Waals surface area contributed by atoms with Crippen LogP contribution in [0.25, 0.3) is 10.9 Å². The van der Waals surface area contributed by atoms with E-state index in [0.717, 1.165) is 23.0 Å². The van der Waals surface area contributed by atoms with Crippen LogP contribution in [0, 0.1) is 6.92 Å². The number of fused-ring (bicyclic) bond motifs is 1. The zero-order valence-corrected chi connectivity index (χ0v) is 15.3. The van der Waals surface area contributed by atoms with Crippen LogP contribution in [0.1, 0.15) is 15.9 Å². The molecule has 1 N–H and O–H groups in total. The van der Waals surface area contributed by atoms with Crippen molar-refractivity contribution >= 4 is 22.5 Å². The number of aryl methyl sites for hydroxylation is 1. The summed E-state index contributed by atoms with van der Waals surface area (Å²) >= 11 is 0. The third-order valence-electron chi connectivity index (χ3n) is 4.12. The Labute approximate surface area is 153 Å². The predicted octanol–water partition coefficient (Wildman–Crippen LogP) is 3.74. The molecule has 0 aliphatic heterocycles. The number of rotatable bonds is 6. The fourth-order valence-corrected chi connectivity index (χ4v) is 2.75. The maximum absolute atomic E-state index is 12.9. The second-order valence-corrected chi connectivity index (χ2v) is 6.44. The van der Waals surface area contributed by atoms with Gasteiger partial charge in [0.25, 0.3) is 5.91 Å². The van der Waals surface area contributed by atoms with E-state index in [1.807, 2.05) is 68.4 Å². The van der Waals surface area contributed by atoms with E-state index in [0.29, 0.717) is 23.6 Å². The van der Waals surface area contributed by atoms with Crippen molar-refractivity contribution in [2.24, 2.45) is 0 Å². The smallest absolute Gasteiger partial charge is 0.259 e. The van der Waals surface area contributed by atoms with Gasteiger partial charge < -0.3 is 15.0 Å².